The van der Waals surface area contributed by atoms with Crippen LogP contribution >= 0.6 is 11.8 Å². The van der Waals surface area contributed by atoms with Gasteiger partial charge in [0.15, 0.2) is 11.5 Å². The van der Waals surface area contributed by atoms with Crippen molar-refractivity contribution in [3.05, 3.63) is 22.8 Å². The first-order valence-electron chi connectivity index (χ1n) is 5.26. The molecule has 0 radical (unpaired) electrons. The summed E-state index contributed by atoms with van der Waals surface area (Å²) in [5, 5.41) is 0. The molecule has 16 heavy (non-hydrogen) atoms. The molecule has 2 N–H and O–H groups in total. The maximum absolute atomic E-state index is 6.16. The van der Waals surface area contributed by atoms with Crippen molar-refractivity contribution in [3.8, 4) is 11.5 Å². The van der Waals surface area contributed by atoms with Gasteiger partial charge < -0.3 is 15.2 Å². The Kier molecular flexibility index (Phi) is 3.30. The molecule has 0 fully saturated rings. The molecular weight excluding hydrogens is 222 g/mol. The number of methoxy groups -OCH3 is 2. The van der Waals surface area contributed by atoms with E-state index >= 15 is 0 Å². The number of thioether (sulfide) groups is 1. The molecule has 3 nitrogen and oxygen atoms in total. The van der Waals surface area contributed by atoms with Crippen molar-refractivity contribution in [2.45, 2.75) is 18.7 Å². The van der Waals surface area contributed by atoms with E-state index in [1.807, 2.05) is 17.8 Å². The van der Waals surface area contributed by atoms with Gasteiger partial charge >= 0.3 is 0 Å². The van der Waals surface area contributed by atoms with Crippen LogP contribution in [0, 0.1) is 6.92 Å². The monoisotopic (exact) mass is 239 g/mol. The van der Waals surface area contributed by atoms with E-state index in [1.165, 1.54) is 11.1 Å². The Morgan fingerprint density at radius 3 is 2.75 bits per heavy atom. The zero-order valence-corrected chi connectivity index (χ0v) is 10.7. The average Bonchev–Trinajstić information content (AvgIpc) is 2.29. The van der Waals surface area contributed by atoms with E-state index in [9.17, 15) is 0 Å². The lowest BCUT2D eigenvalue weighted by atomic mass is 9.96. The number of aryl methyl sites for hydroxylation is 1. The molecule has 1 aliphatic heterocycles. The van der Waals surface area contributed by atoms with Crippen LogP contribution in [0.3, 0.4) is 0 Å². The third kappa shape index (κ3) is 1.76. The summed E-state index contributed by atoms with van der Waals surface area (Å²) in [4.78, 5) is 0. The van der Waals surface area contributed by atoms with E-state index in [0.29, 0.717) is 0 Å². The molecule has 0 saturated heterocycles. The molecular formula is C12H17NO2S. The molecule has 1 heterocycles. The predicted octanol–water partition coefficient (Wildman–Crippen LogP) is 2.26. The van der Waals surface area contributed by atoms with Crippen LogP contribution in [0.2, 0.25) is 0 Å². The second-order valence-corrected chi connectivity index (χ2v) is 4.97. The van der Waals surface area contributed by atoms with Crippen LogP contribution in [-0.4, -0.2) is 20.0 Å². The van der Waals surface area contributed by atoms with Gasteiger partial charge in [0.05, 0.1) is 14.2 Å². The highest BCUT2D eigenvalue weighted by Gasteiger charge is 2.25. The molecule has 0 amide bonds. The number of fused-ring (bicyclic) bond motifs is 1. The topological polar surface area (TPSA) is 44.5 Å². The molecule has 1 atom stereocenters. The Labute approximate surface area is 100 Å². The highest BCUT2D eigenvalue weighted by Crippen LogP contribution is 2.43. The van der Waals surface area contributed by atoms with Crippen molar-refractivity contribution >= 4 is 11.8 Å². The van der Waals surface area contributed by atoms with Gasteiger partial charge in [-0.3, -0.25) is 0 Å². The van der Waals surface area contributed by atoms with Gasteiger partial charge in [-0.2, -0.15) is 11.8 Å². The Morgan fingerprint density at radius 2 is 2.12 bits per heavy atom. The molecule has 88 valence electrons. The first kappa shape index (κ1) is 11.6. The third-order valence-corrected chi connectivity index (χ3v) is 4.04. The molecule has 2 rings (SSSR count). The predicted molar refractivity (Wildman–Crippen MR) is 67.4 cm³/mol. The molecule has 1 unspecified atom stereocenters. The Balaban J connectivity index is 2.65. The molecule has 0 bridgehead atoms. The van der Waals surface area contributed by atoms with E-state index in [2.05, 4.69) is 6.92 Å². The van der Waals surface area contributed by atoms with Gasteiger partial charge in [-0.05, 0) is 24.1 Å². The van der Waals surface area contributed by atoms with Crippen molar-refractivity contribution in [2.75, 3.05) is 20.0 Å². The highest BCUT2D eigenvalue weighted by molar-refractivity contribution is 7.98. The van der Waals surface area contributed by atoms with E-state index < -0.39 is 0 Å². The number of nitrogens with two attached hydrogens (primary N) is 1. The van der Waals surface area contributed by atoms with Crippen molar-refractivity contribution in [1.82, 2.24) is 0 Å². The SMILES string of the molecule is COc1cc(C)c2c(c1OC)C(N)CSC2. The summed E-state index contributed by atoms with van der Waals surface area (Å²) in [5.74, 6) is 3.53. The van der Waals surface area contributed by atoms with Crippen LogP contribution in [0.25, 0.3) is 0 Å². The maximum Gasteiger partial charge on any atom is 0.165 e. The molecule has 1 aromatic carbocycles. The summed E-state index contributed by atoms with van der Waals surface area (Å²) in [6.45, 7) is 2.10. The van der Waals surface area contributed by atoms with Crippen LogP contribution in [-0.2, 0) is 5.75 Å². The van der Waals surface area contributed by atoms with E-state index in [4.69, 9.17) is 15.2 Å². The van der Waals surface area contributed by atoms with Gasteiger partial charge in [-0.15, -0.1) is 0 Å². The van der Waals surface area contributed by atoms with Crippen LogP contribution in [0.1, 0.15) is 22.7 Å². The summed E-state index contributed by atoms with van der Waals surface area (Å²) in [7, 11) is 3.33. The third-order valence-electron chi connectivity index (χ3n) is 2.96. The van der Waals surface area contributed by atoms with E-state index in [0.717, 1.165) is 28.6 Å². The summed E-state index contributed by atoms with van der Waals surface area (Å²) >= 11 is 1.87. The van der Waals surface area contributed by atoms with Gasteiger partial charge in [-0.1, -0.05) is 0 Å². The minimum absolute atomic E-state index is 0.0394. The zero-order chi connectivity index (χ0) is 11.7. The van der Waals surface area contributed by atoms with E-state index in [1.54, 1.807) is 14.2 Å². The molecule has 4 heteroatoms. The average molecular weight is 239 g/mol. The molecule has 1 aliphatic rings. The maximum atomic E-state index is 6.16. The van der Waals surface area contributed by atoms with Gasteiger partial charge in [0, 0.05) is 23.1 Å². The summed E-state index contributed by atoms with van der Waals surface area (Å²) in [6.07, 6.45) is 0. The standard InChI is InChI=1S/C12H17NO2S/c1-7-4-10(14-2)12(15-3)11-8(7)5-16-6-9(11)13/h4,9H,5-6,13H2,1-3H3. The van der Waals surface area contributed by atoms with Gasteiger partial charge in [0.1, 0.15) is 0 Å². The van der Waals surface area contributed by atoms with Gasteiger partial charge in [0.25, 0.3) is 0 Å². The fourth-order valence-corrected chi connectivity index (χ4v) is 3.27. The lowest BCUT2D eigenvalue weighted by molar-refractivity contribution is 0.349. The fraction of sp³-hybridized carbons (Fsp3) is 0.500. The van der Waals surface area contributed by atoms with Crippen LogP contribution < -0.4 is 15.2 Å². The molecule has 0 saturated carbocycles. The number of ether oxygens (including phenoxy) is 2. The van der Waals surface area contributed by atoms with Gasteiger partial charge in [0.2, 0.25) is 0 Å². The first-order valence-corrected chi connectivity index (χ1v) is 6.42. The minimum atomic E-state index is 0.0394. The summed E-state index contributed by atoms with van der Waals surface area (Å²) in [5.41, 5.74) is 9.82. The molecule has 0 aliphatic carbocycles. The van der Waals surface area contributed by atoms with Crippen LogP contribution in [0.5, 0.6) is 11.5 Å². The van der Waals surface area contributed by atoms with Crippen molar-refractivity contribution in [2.24, 2.45) is 5.73 Å². The van der Waals surface area contributed by atoms with Crippen molar-refractivity contribution in [1.29, 1.82) is 0 Å². The number of hydrogen-bond donors (Lipinski definition) is 1. The lowest BCUT2D eigenvalue weighted by Gasteiger charge is -2.27. The molecule has 0 spiro atoms. The number of hydrogen-bond acceptors (Lipinski definition) is 4. The quantitative estimate of drug-likeness (QED) is 0.859. The number of benzene rings is 1. The highest BCUT2D eigenvalue weighted by atomic mass is 32.2. The van der Waals surface area contributed by atoms with Crippen LogP contribution in [0.15, 0.2) is 6.07 Å². The van der Waals surface area contributed by atoms with Crippen molar-refractivity contribution in [3.63, 3.8) is 0 Å². The Bertz CT molecular complexity index is 406. The summed E-state index contributed by atoms with van der Waals surface area (Å²) < 4.78 is 10.8. The number of rotatable bonds is 2. The van der Waals surface area contributed by atoms with Crippen molar-refractivity contribution < 1.29 is 9.47 Å². The summed E-state index contributed by atoms with van der Waals surface area (Å²) in [6, 6.07) is 2.06. The minimum Gasteiger partial charge on any atom is -0.493 e. The van der Waals surface area contributed by atoms with E-state index in [-0.39, 0.29) is 6.04 Å². The zero-order valence-electron chi connectivity index (χ0n) is 9.87. The molecule has 0 aromatic heterocycles. The second-order valence-electron chi connectivity index (χ2n) is 3.94. The second kappa shape index (κ2) is 4.55. The lowest BCUT2D eigenvalue weighted by Crippen LogP contribution is -2.21. The Morgan fingerprint density at radius 1 is 1.38 bits per heavy atom. The largest absolute Gasteiger partial charge is 0.493 e. The van der Waals surface area contributed by atoms with Gasteiger partial charge in [-0.25, -0.2) is 0 Å². The smallest absolute Gasteiger partial charge is 0.165 e. The Hall–Kier alpha value is -0.870. The molecule has 1 aromatic rings. The fourth-order valence-electron chi connectivity index (χ4n) is 2.15. The first-order chi connectivity index (χ1) is 7.69. The van der Waals surface area contributed by atoms with Crippen LogP contribution in [0.4, 0.5) is 0 Å². The normalized spacial score (nSPS) is 19.1.